The molecule has 1 unspecified atom stereocenters. The van der Waals surface area contributed by atoms with Crippen molar-refractivity contribution < 1.29 is 18.6 Å². The highest BCUT2D eigenvalue weighted by molar-refractivity contribution is 5.74. The first-order valence-corrected chi connectivity index (χ1v) is 12.3. The Morgan fingerprint density at radius 1 is 1.12 bits per heavy atom. The molecular formula is C26H32N4O4. The van der Waals surface area contributed by atoms with E-state index in [1.807, 2.05) is 12.1 Å². The van der Waals surface area contributed by atoms with Crippen LogP contribution in [0.1, 0.15) is 36.9 Å². The number of aromatic nitrogens is 1. The number of hydrogen-bond acceptors (Lipinski definition) is 8. The summed E-state index contributed by atoms with van der Waals surface area (Å²) in [4.78, 5) is 9.50. The summed E-state index contributed by atoms with van der Waals surface area (Å²) >= 11 is 0. The second-order valence-corrected chi connectivity index (χ2v) is 9.37. The van der Waals surface area contributed by atoms with Crippen molar-refractivity contribution in [1.29, 1.82) is 0 Å². The number of furan rings is 1. The van der Waals surface area contributed by atoms with Gasteiger partial charge in [-0.05, 0) is 37.3 Å². The quantitative estimate of drug-likeness (QED) is 0.696. The van der Waals surface area contributed by atoms with Crippen molar-refractivity contribution in [2.45, 2.75) is 44.3 Å². The van der Waals surface area contributed by atoms with Crippen molar-refractivity contribution in [3.63, 3.8) is 0 Å². The molecule has 6 rings (SSSR count). The number of nitrogens with one attached hydrogen (secondary N) is 1. The topological polar surface area (TPSA) is 72.2 Å². The molecule has 1 atom stereocenters. The van der Waals surface area contributed by atoms with Gasteiger partial charge in [0.15, 0.2) is 11.5 Å². The van der Waals surface area contributed by atoms with Gasteiger partial charge in [0, 0.05) is 43.4 Å². The largest absolute Gasteiger partial charge is 0.486 e. The van der Waals surface area contributed by atoms with Crippen molar-refractivity contribution in [3.05, 3.63) is 47.3 Å². The number of anilines is 1. The van der Waals surface area contributed by atoms with Crippen LogP contribution in [0.25, 0.3) is 6.08 Å². The lowest BCUT2D eigenvalue weighted by Gasteiger charge is -2.42. The van der Waals surface area contributed by atoms with Gasteiger partial charge in [-0.25, -0.2) is 0 Å². The van der Waals surface area contributed by atoms with Crippen molar-refractivity contribution >= 4 is 12.0 Å². The van der Waals surface area contributed by atoms with Gasteiger partial charge in [0.25, 0.3) is 5.95 Å². The molecule has 1 fully saturated rings. The zero-order valence-electron chi connectivity index (χ0n) is 19.7. The molecule has 3 aliphatic heterocycles. The Morgan fingerprint density at radius 2 is 1.97 bits per heavy atom. The van der Waals surface area contributed by atoms with Gasteiger partial charge in [-0.2, -0.15) is 0 Å². The Morgan fingerprint density at radius 3 is 2.82 bits per heavy atom. The predicted octanol–water partition coefficient (Wildman–Crippen LogP) is 3.59. The lowest BCUT2D eigenvalue weighted by atomic mass is 9.90. The molecular weight excluding hydrogens is 432 g/mol. The molecule has 180 valence electrons. The third-order valence-electron chi connectivity index (χ3n) is 7.18. The summed E-state index contributed by atoms with van der Waals surface area (Å²) < 4.78 is 22.7. The van der Waals surface area contributed by atoms with Crippen LogP contribution in [0, 0.1) is 0 Å². The monoisotopic (exact) mass is 464 g/mol. The van der Waals surface area contributed by atoms with Gasteiger partial charge in [-0.15, -0.1) is 0 Å². The molecule has 2 aromatic heterocycles. The second kappa shape index (κ2) is 9.35. The Kier molecular flexibility index (Phi) is 5.93. The Hall–Kier alpha value is -2.97. The molecule has 0 aromatic carbocycles. The highest BCUT2D eigenvalue weighted by Gasteiger charge is 2.33. The summed E-state index contributed by atoms with van der Waals surface area (Å²) in [6, 6.07) is 4.84. The maximum atomic E-state index is 6.08. The van der Waals surface area contributed by atoms with Crippen molar-refractivity contribution in [2.75, 3.05) is 45.0 Å². The minimum absolute atomic E-state index is 0.366. The zero-order chi connectivity index (χ0) is 22.9. The third-order valence-corrected chi connectivity index (χ3v) is 7.18. The van der Waals surface area contributed by atoms with Crippen LogP contribution in [-0.2, 0) is 6.54 Å². The van der Waals surface area contributed by atoms with Gasteiger partial charge in [-0.1, -0.05) is 12.2 Å². The minimum atomic E-state index is 0.366. The standard InChI is InChI=1S/C26H32N4O4/c1-31-25-13-19-12-18-4-2-3-5-22(18)30(26(19)34-25)17-29-8-6-20(7-9-29)27-15-21-14-23-24(16-28-21)33-11-10-32-23/h2,4,12-14,16,20,22,27H,3,5-11,15,17H2,1H3. The number of nitrogens with zero attached hydrogens (tertiary/aromatic N) is 3. The van der Waals surface area contributed by atoms with Crippen LogP contribution in [0.2, 0.25) is 0 Å². The first kappa shape index (κ1) is 21.6. The van der Waals surface area contributed by atoms with Crippen LogP contribution in [0.3, 0.4) is 0 Å². The molecule has 4 aliphatic rings. The molecule has 1 aliphatic carbocycles. The fourth-order valence-electron chi connectivity index (χ4n) is 5.34. The Labute approximate surface area is 200 Å². The zero-order valence-corrected chi connectivity index (χ0v) is 19.7. The summed E-state index contributed by atoms with van der Waals surface area (Å²) in [5.41, 5.74) is 3.47. The first-order valence-electron chi connectivity index (χ1n) is 12.3. The number of piperidine rings is 1. The van der Waals surface area contributed by atoms with E-state index in [0.717, 1.165) is 80.6 Å². The summed E-state index contributed by atoms with van der Waals surface area (Å²) in [6.07, 6.45) is 13.0. The van der Waals surface area contributed by atoms with Crippen LogP contribution in [0.4, 0.5) is 5.88 Å². The normalized spacial score (nSPS) is 22.2. The van der Waals surface area contributed by atoms with Gasteiger partial charge < -0.3 is 28.8 Å². The number of rotatable bonds is 6. The van der Waals surface area contributed by atoms with E-state index in [2.05, 4.69) is 38.3 Å². The maximum absolute atomic E-state index is 6.08. The van der Waals surface area contributed by atoms with Crippen LogP contribution >= 0.6 is 0 Å². The van der Waals surface area contributed by atoms with Gasteiger partial charge in [0.1, 0.15) is 13.2 Å². The Balaban J connectivity index is 1.06. The third kappa shape index (κ3) is 4.28. The van der Waals surface area contributed by atoms with Gasteiger partial charge >= 0.3 is 0 Å². The number of ether oxygens (including phenoxy) is 3. The predicted molar refractivity (Wildman–Crippen MR) is 129 cm³/mol. The van der Waals surface area contributed by atoms with Crippen LogP contribution in [0.15, 0.2) is 40.5 Å². The number of hydrogen-bond donors (Lipinski definition) is 1. The lowest BCUT2D eigenvalue weighted by molar-refractivity contribution is 0.170. The molecule has 8 nitrogen and oxygen atoms in total. The van der Waals surface area contributed by atoms with E-state index < -0.39 is 0 Å². The molecule has 0 spiro atoms. The fraction of sp³-hybridized carbons (Fsp3) is 0.500. The van der Waals surface area contributed by atoms with E-state index in [-0.39, 0.29) is 0 Å². The average Bonchev–Trinajstić information content (AvgIpc) is 3.31. The molecule has 0 bridgehead atoms. The fourth-order valence-corrected chi connectivity index (χ4v) is 5.34. The van der Waals surface area contributed by atoms with E-state index in [1.54, 1.807) is 13.3 Å². The summed E-state index contributed by atoms with van der Waals surface area (Å²) in [5, 5.41) is 3.69. The molecule has 0 radical (unpaired) electrons. The van der Waals surface area contributed by atoms with E-state index in [4.69, 9.17) is 18.6 Å². The van der Waals surface area contributed by atoms with E-state index in [9.17, 15) is 0 Å². The van der Waals surface area contributed by atoms with E-state index in [0.29, 0.717) is 31.2 Å². The van der Waals surface area contributed by atoms with Gasteiger partial charge in [0.2, 0.25) is 5.88 Å². The van der Waals surface area contributed by atoms with Crippen LogP contribution in [-0.4, -0.2) is 62.0 Å². The SMILES string of the molecule is COc1cc2c(o1)N(CN1CCC(NCc3cc4c(cn3)OCCO4)CC1)C1CCC=CC1=C2. The molecule has 1 N–H and O–H groups in total. The number of fused-ring (bicyclic) bond motifs is 3. The first-order chi connectivity index (χ1) is 16.8. The molecule has 0 amide bonds. The summed E-state index contributed by atoms with van der Waals surface area (Å²) in [5.74, 6) is 3.05. The number of likely N-dealkylation sites (tertiary alicyclic amines) is 1. The molecule has 34 heavy (non-hydrogen) atoms. The van der Waals surface area contributed by atoms with Crippen LogP contribution in [0.5, 0.6) is 17.4 Å². The maximum Gasteiger partial charge on any atom is 0.286 e. The summed E-state index contributed by atoms with van der Waals surface area (Å²) in [6.45, 7) is 4.91. The van der Waals surface area contributed by atoms with Crippen molar-refractivity contribution in [2.24, 2.45) is 0 Å². The summed E-state index contributed by atoms with van der Waals surface area (Å²) in [7, 11) is 1.66. The highest BCUT2D eigenvalue weighted by atomic mass is 16.6. The van der Waals surface area contributed by atoms with E-state index in [1.165, 1.54) is 5.57 Å². The highest BCUT2D eigenvalue weighted by Crippen LogP contribution is 2.41. The van der Waals surface area contributed by atoms with Crippen molar-refractivity contribution in [3.8, 4) is 17.4 Å². The lowest BCUT2D eigenvalue weighted by Crippen LogP contribution is -2.50. The second-order valence-electron chi connectivity index (χ2n) is 9.37. The van der Waals surface area contributed by atoms with Gasteiger partial charge in [-0.3, -0.25) is 9.88 Å². The number of allylic oxidation sites excluding steroid dienone is 1. The Bertz CT molecular complexity index is 1090. The van der Waals surface area contributed by atoms with Gasteiger partial charge in [0.05, 0.1) is 31.7 Å². The van der Waals surface area contributed by atoms with E-state index >= 15 is 0 Å². The molecule has 8 heteroatoms. The molecule has 2 aromatic rings. The van der Waals surface area contributed by atoms with Crippen molar-refractivity contribution in [1.82, 2.24) is 15.2 Å². The molecule has 1 saturated heterocycles. The minimum Gasteiger partial charge on any atom is -0.486 e. The smallest absolute Gasteiger partial charge is 0.286 e. The molecule has 0 saturated carbocycles. The average molecular weight is 465 g/mol. The van der Waals surface area contributed by atoms with Crippen LogP contribution < -0.4 is 24.4 Å². The number of pyridine rings is 1. The number of methoxy groups -OCH3 is 1. The molecule has 5 heterocycles.